The van der Waals surface area contributed by atoms with E-state index in [1.54, 1.807) is 0 Å². The maximum atomic E-state index is 7.02. The van der Waals surface area contributed by atoms with Crippen LogP contribution in [0.25, 0.3) is 64.6 Å². The molecular weight excluding hydrogens is 472 g/mol. The molecule has 0 unspecified atom stereocenters. The Hall–Kier alpha value is -3.95. The smallest absolute Gasteiger partial charge is 0.0497 e. The Morgan fingerprint density at radius 3 is 1.03 bits per heavy atom. The van der Waals surface area contributed by atoms with Gasteiger partial charge in [-0.3, -0.25) is 0 Å². The lowest BCUT2D eigenvalue weighted by Crippen LogP contribution is -2.27. The van der Waals surface area contributed by atoms with Gasteiger partial charge in [-0.25, -0.2) is 0 Å². The first-order valence-corrected chi connectivity index (χ1v) is 12.5. The molecule has 0 saturated heterocycles. The Morgan fingerprint density at radius 2 is 0.649 bits per heavy atom. The molecule has 0 heterocycles. The maximum Gasteiger partial charge on any atom is 0.0497 e. The molecule has 0 aromatic heterocycles. The van der Waals surface area contributed by atoms with Crippen LogP contribution in [0.15, 0.2) is 109 Å². The molecule has 0 aliphatic carbocycles. The number of hydrogen-bond acceptors (Lipinski definition) is 2. The number of benzene rings is 8. The van der Waals surface area contributed by atoms with Crippen LogP contribution >= 0.6 is 12.4 Å². The van der Waals surface area contributed by atoms with Gasteiger partial charge in [0, 0.05) is 12.1 Å². The van der Waals surface area contributed by atoms with Crippen molar-refractivity contribution in [1.29, 1.82) is 0 Å². The lowest BCUT2D eigenvalue weighted by Gasteiger charge is -2.25. The molecule has 8 aromatic rings. The standard InChI is InChI=1S/C34H24N2.ClH/c35-33(27-17-13-23-9-7-19-3-1-5-21-11-15-25(27)31(23)29(19)21)34(36)28-18-14-24-10-8-20-4-2-6-22-12-16-26(28)32(24)30(20)22;/h1-18,33-34H,35-36H2;1H/t33-,34-;/m0./s1. The average Bonchev–Trinajstić information content (AvgIpc) is 2.94. The molecule has 0 radical (unpaired) electrons. The molecule has 2 nitrogen and oxygen atoms in total. The van der Waals surface area contributed by atoms with Crippen LogP contribution in [0.5, 0.6) is 0 Å². The van der Waals surface area contributed by atoms with E-state index in [4.69, 9.17) is 11.5 Å². The van der Waals surface area contributed by atoms with Crippen LogP contribution < -0.4 is 11.5 Å². The van der Waals surface area contributed by atoms with Gasteiger partial charge in [0.25, 0.3) is 0 Å². The van der Waals surface area contributed by atoms with E-state index in [1.807, 2.05) is 0 Å². The minimum Gasteiger partial charge on any atom is -0.322 e. The molecule has 2 atom stereocenters. The Balaban J connectivity index is 0.00000231. The third-order valence-electron chi connectivity index (χ3n) is 8.23. The summed E-state index contributed by atoms with van der Waals surface area (Å²) in [6.07, 6.45) is 0. The quantitative estimate of drug-likeness (QED) is 0.240. The van der Waals surface area contributed by atoms with Gasteiger partial charge in [0.05, 0.1) is 0 Å². The fraction of sp³-hybridized carbons (Fsp3) is 0.0588. The van der Waals surface area contributed by atoms with Crippen molar-refractivity contribution in [2.24, 2.45) is 11.5 Å². The fourth-order valence-corrected chi connectivity index (χ4v) is 6.48. The largest absolute Gasteiger partial charge is 0.322 e. The predicted molar refractivity (Wildman–Crippen MR) is 161 cm³/mol. The summed E-state index contributed by atoms with van der Waals surface area (Å²) in [4.78, 5) is 0. The van der Waals surface area contributed by atoms with Crippen LogP contribution in [0.4, 0.5) is 0 Å². The van der Waals surface area contributed by atoms with E-state index in [1.165, 1.54) is 64.6 Å². The second kappa shape index (κ2) is 8.03. The first-order valence-electron chi connectivity index (χ1n) is 12.5. The van der Waals surface area contributed by atoms with Gasteiger partial charge in [-0.1, -0.05) is 109 Å². The lowest BCUT2D eigenvalue weighted by molar-refractivity contribution is 0.582. The van der Waals surface area contributed by atoms with Crippen LogP contribution in [0, 0.1) is 0 Å². The Labute approximate surface area is 220 Å². The minimum atomic E-state index is -0.340. The number of nitrogens with two attached hydrogens (primary N) is 2. The van der Waals surface area contributed by atoms with Gasteiger partial charge in [0.1, 0.15) is 0 Å². The lowest BCUT2D eigenvalue weighted by atomic mass is 9.84. The molecular formula is C34H25ClN2. The van der Waals surface area contributed by atoms with Crippen LogP contribution in [-0.4, -0.2) is 0 Å². The molecule has 0 aliphatic heterocycles. The van der Waals surface area contributed by atoms with Crippen LogP contribution in [0.1, 0.15) is 23.2 Å². The van der Waals surface area contributed by atoms with Gasteiger partial charge < -0.3 is 11.5 Å². The number of hydrogen-bond donors (Lipinski definition) is 2. The summed E-state index contributed by atoms with van der Waals surface area (Å²) in [5.74, 6) is 0. The summed E-state index contributed by atoms with van der Waals surface area (Å²) in [6.45, 7) is 0. The molecule has 0 bridgehead atoms. The van der Waals surface area contributed by atoms with Crippen molar-refractivity contribution in [2.45, 2.75) is 12.1 Å². The molecule has 0 saturated carbocycles. The number of halogens is 1. The van der Waals surface area contributed by atoms with Crippen molar-refractivity contribution >= 4 is 77.0 Å². The third kappa shape index (κ3) is 3.01. The zero-order chi connectivity index (χ0) is 24.0. The Morgan fingerprint density at radius 1 is 0.351 bits per heavy atom. The van der Waals surface area contributed by atoms with Crippen molar-refractivity contribution in [3.8, 4) is 0 Å². The summed E-state index contributed by atoms with van der Waals surface area (Å²) in [5, 5.41) is 15.1. The molecule has 0 aliphatic rings. The van der Waals surface area contributed by atoms with E-state index < -0.39 is 0 Å². The highest BCUT2D eigenvalue weighted by molar-refractivity contribution is 6.24. The van der Waals surface area contributed by atoms with E-state index in [-0.39, 0.29) is 24.5 Å². The fourth-order valence-electron chi connectivity index (χ4n) is 6.48. The summed E-state index contributed by atoms with van der Waals surface area (Å²) in [7, 11) is 0. The van der Waals surface area contributed by atoms with E-state index >= 15 is 0 Å². The highest BCUT2D eigenvalue weighted by Crippen LogP contribution is 2.42. The average molecular weight is 497 g/mol. The molecule has 8 aromatic carbocycles. The van der Waals surface area contributed by atoms with Gasteiger partial charge in [-0.05, 0) is 75.8 Å². The molecule has 0 fully saturated rings. The summed E-state index contributed by atoms with van der Waals surface area (Å²) < 4.78 is 0. The molecule has 37 heavy (non-hydrogen) atoms. The van der Waals surface area contributed by atoms with Crippen molar-refractivity contribution in [2.75, 3.05) is 0 Å². The second-order valence-corrected chi connectivity index (χ2v) is 10.1. The first-order chi connectivity index (χ1) is 17.7. The third-order valence-corrected chi connectivity index (χ3v) is 8.23. The van der Waals surface area contributed by atoms with Gasteiger partial charge in [0.15, 0.2) is 0 Å². The van der Waals surface area contributed by atoms with E-state index in [2.05, 4.69) is 109 Å². The summed E-state index contributed by atoms with van der Waals surface area (Å²) >= 11 is 0. The molecule has 0 spiro atoms. The topological polar surface area (TPSA) is 52.0 Å². The minimum absolute atomic E-state index is 0. The molecule has 3 heteroatoms. The summed E-state index contributed by atoms with van der Waals surface area (Å²) in [6, 6.07) is 38.7. The van der Waals surface area contributed by atoms with Crippen LogP contribution in [0.2, 0.25) is 0 Å². The van der Waals surface area contributed by atoms with E-state index in [0.717, 1.165) is 11.1 Å². The van der Waals surface area contributed by atoms with E-state index in [0.29, 0.717) is 0 Å². The maximum absolute atomic E-state index is 7.02. The summed E-state index contributed by atoms with van der Waals surface area (Å²) in [5.41, 5.74) is 16.2. The van der Waals surface area contributed by atoms with Crippen molar-refractivity contribution in [3.05, 3.63) is 120 Å². The normalized spacial score (nSPS) is 13.8. The molecule has 178 valence electrons. The number of rotatable bonds is 3. The molecule has 4 N–H and O–H groups in total. The van der Waals surface area contributed by atoms with Crippen molar-refractivity contribution in [3.63, 3.8) is 0 Å². The van der Waals surface area contributed by atoms with Crippen LogP contribution in [-0.2, 0) is 0 Å². The predicted octanol–water partition coefficient (Wildman–Crippen LogP) is 8.60. The first kappa shape index (κ1) is 22.3. The highest BCUT2D eigenvalue weighted by atomic mass is 35.5. The second-order valence-electron chi connectivity index (χ2n) is 10.1. The molecule has 0 amide bonds. The highest BCUT2D eigenvalue weighted by Gasteiger charge is 2.23. The Bertz CT molecular complexity index is 1910. The van der Waals surface area contributed by atoms with Gasteiger partial charge >= 0.3 is 0 Å². The van der Waals surface area contributed by atoms with Gasteiger partial charge in [-0.15, -0.1) is 12.4 Å². The van der Waals surface area contributed by atoms with Crippen LogP contribution in [0.3, 0.4) is 0 Å². The van der Waals surface area contributed by atoms with Crippen molar-refractivity contribution < 1.29 is 0 Å². The zero-order valence-corrected chi connectivity index (χ0v) is 20.9. The monoisotopic (exact) mass is 496 g/mol. The van der Waals surface area contributed by atoms with E-state index in [9.17, 15) is 0 Å². The van der Waals surface area contributed by atoms with Gasteiger partial charge in [0.2, 0.25) is 0 Å². The Kier molecular flexibility index (Phi) is 4.83. The van der Waals surface area contributed by atoms with Crippen molar-refractivity contribution in [1.82, 2.24) is 0 Å². The molecule has 8 rings (SSSR count). The zero-order valence-electron chi connectivity index (χ0n) is 20.1. The van der Waals surface area contributed by atoms with Gasteiger partial charge in [-0.2, -0.15) is 0 Å². The SMILES string of the molecule is Cl.N[C@@H](c1ccc2ccc3cccc4ccc1c2c34)[C@@H](N)c1ccc2ccc3cccc4ccc1c2c34.